The standard InChI is InChI=1S/C27H31N3O5/c1-4-7-16-35-27(34)19-12-14-20(15-13-19)28-26(33)25(32)22-17-30(18-24(31)29(5-2)6-3)23-11-9-8-10-21(22)23/h8-15,17H,4-7,16,18H2,1-3H3,(H,28,33). The summed E-state index contributed by atoms with van der Waals surface area (Å²) in [6.07, 6.45) is 3.28. The second kappa shape index (κ2) is 12.0. The molecule has 1 N–H and O–H groups in total. The SMILES string of the molecule is CCCCOC(=O)c1ccc(NC(=O)C(=O)c2cn(CC(=O)N(CC)CC)c3ccccc23)cc1. The number of para-hydroxylation sites is 1. The van der Waals surface area contributed by atoms with Gasteiger partial charge in [0.15, 0.2) is 0 Å². The fraction of sp³-hybridized carbons (Fsp3) is 0.333. The molecule has 0 bridgehead atoms. The zero-order chi connectivity index (χ0) is 25.4. The van der Waals surface area contributed by atoms with Gasteiger partial charge in [-0.2, -0.15) is 0 Å². The topological polar surface area (TPSA) is 97.7 Å². The molecule has 0 saturated carbocycles. The number of likely N-dealkylation sites (N-methyl/N-ethyl adjacent to an activating group) is 1. The highest BCUT2D eigenvalue weighted by Gasteiger charge is 2.23. The van der Waals surface area contributed by atoms with Crippen molar-refractivity contribution in [1.29, 1.82) is 0 Å². The molecule has 0 atom stereocenters. The average molecular weight is 478 g/mol. The van der Waals surface area contributed by atoms with Crippen LogP contribution in [0.3, 0.4) is 0 Å². The number of fused-ring (bicyclic) bond motifs is 1. The number of hydrogen-bond donors (Lipinski definition) is 1. The van der Waals surface area contributed by atoms with Crippen molar-refractivity contribution in [3.05, 3.63) is 65.9 Å². The van der Waals surface area contributed by atoms with E-state index in [2.05, 4.69) is 5.32 Å². The molecule has 0 unspecified atom stereocenters. The first-order valence-corrected chi connectivity index (χ1v) is 11.9. The van der Waals surface area contributed by atoms with Crippen molar-refractivity contribution >= 4 is 40.2 Å². The summed E-state index contributed by atoms with van der Waals surface area (Å²) in [6, 6.07) is 13.4. The Hall–Kier alpha value is -3.94. The largest absolute Gasteiger partial charge is 0.462 e. The molecule has 0 fully saturated rings. The fourth-order valence-electron chi connectivity index (χ4n) is 3.77. The van der Waals surface area contributed by atoms with E-state index in [1.165, 1.54) is 0 Å². The summed E-state index contributed by atoms with van der Waals surface area (Å²) >= 11 is 0. The predicted octanol–water partition coefficient (Wildman–Crippen LogP) is 4.29. The Kier molecular flexibility index (Phi) is 8.78. The summed E-state index contributed by atoms with van der Waals surface area (Å²) in [5, 5.41) is 3.19. The van der Waals surface area contributed by atoms with Gasteiger partial charge >= 0.3 is 5.97 Å². The van der Waals surface area contributed by atoms with E-state index in [9.17, 15) is 19.2 Å². The predicted molar refractivity (Wildman–Crippen MR) is 134 cm³/mol. The van der Waals surface area contributed by atoms with Gasteiger partial charge in [0.05, 0.1) is 17.7 Å². The van der Waals surface area contributed by atoms with E-state index in [4.69, 9.17) is 4.74 Å². The number of hydrogen-bond acceptors (Lipinski definition) is 5. The van der Waals surface area contributed by atoms with Gasteiger partial charge < -0.3 is 19.5 Å². The van der Waals surface area contributed by atoms with E-state index in [0.29, 0.717) is 41.9 Å². The highest BCUT2D eigenvalue weighted by atomic mass is 16.5. The first kappa shape index (κ1) is 25.7. The van der Waals surface area contributed by atoms with Crippen molar-refractivity contribution in [2.24, 2.45) is 0 Å². The smallest absolute Gasteiger partial charge is 0.338 e. The highest BCUT2D eigenvalue weighted by molar-refractivity contribution is 6.48. The molecule has 3 rings (SSSR count). The number of nitrogens with one attached hydrogen (secondary N) is 1. The lowest BCUT2D eigenvalue weighted by Gasteiger charge is -2.19. The van der Waals surface area contributed by atoms with Crippen LogP contribution in [0.25, 0.3) is 10.9 Å². The maximum absolute atomic E-state index is 13.0. The Balaban J connectivity index is 1.75. The normalized spacial score (nSPS) is 10.7. The zero-order valence-electron chi connectivity index (χ0n) is 20.4. The minimum Gasteiger partial charge on any atom is -0.462 e. The summed E-state index contributed by atoms with van der Waals surface area (Å²) in [4.78, 5) is 52.2. The number of ether oxygens (including phenoxy) is 1. The van der Waals surface area contributed by atoms with Gasteiger partial charge in [0, 0.05) is 35.9 Å². The molecular weight excluding hydrogens is 446 g/mol. The van der Waals surface area contributed by atoms with E-state index < -0.39 is 17.7 Å². The number of rotatable bonds is 11. The van der Waals surface area contributed by atoms with Crippen molar-refractivity contribution in [3.63, 3.8) is 0 Å². The van der Waals surface area contributed by atoms with E-state index in [-0.39, 0.29) is 18.0 Å². The van der Waals surface area contributed by atoms with E-state index in [1.54, 1.807) is 52.1 Å². The Labute approximate surface area is 204 Å². The summed E-state index contributed by atoms with van der Waals surface area (Å²) in [6.45, 7) is 7.46. The average Bonchev–Trinajstić information content (AvgIpc) is 3.23. The Bertz CT molecular complexity index is 1210. The van der Waals surface area contributed by atoms with Gasteiger partial charge in [-0.1, -0.05) is 31.5 Å². The van der Waals surface area contributed by atoms with Crippen molar-refractivity contribution < 1.29 is 23.9 Å². The maximum atomic E-state index is 13.0. The molecule has 1 heterocycles. The molecule has 0 radical (unpaired) electrons. The van der Waals surface area contributed by atoms with Crippen LogP contribution in [0.1, 0.15) is 54.3 Å². The quantitative estimate of drug-likeness (QED) is 0.192. The Morgan fingerprint density at radius 3 is 2.29 bits per heavy atom. The molecule has 0 aliphatic heterocycles. The number of aromatic nitrogens is 1. The molecule has 2 amide bonds. The number of Topliss-reactive ketones (excluding diaryl/α,β-unsaturated/α-hetero) is 1. The molecule has 35 heavy (non-hydrogen) atoms. The number of ketones is 1. The van der Waals surface area contributed by atoms with Crippen LogP contribution < -0.4 is 5.32 Å². The van der Waals surface area contributed by atoms with Gasteiger partial charge in [-0.3, -0.25) is 14.4 Å². The molecule has 8 heteroatoms. The molecule has 8 nitrogen and oxygen atoms in total. The van der Waals surface area contributed by atoms with Crippen LogP contribution in [0.15, 0.2) is 54.7 Å². The van der Waals surface area contributed by atoms with Gasteiger partial charge in [-0.05, 0) is 50.6 Å². The molecule has 0 spiro atoms. The summed E-state index contributed by atoms with van der Waals surface area (Å²) in [5.41, 5.74) is 1.68. The van der Waals surface area contributed by atoms with E-state index in [1.807, 2.05) is 32.9 Å². The van der Waals surface area contributed by atoms with Gasteiger partial charge in [-0.25, -0.2) is 4.79 Å². The summed E-state index contributed by atoms with van der Waals surface area (Å²) < 4.78 is 6.88. The molecule has 0 aliphatic carbocycles. The number of anilines is 1. The van der Waals surface area contributed by atoms with Crippen LogP contribution in [-0.2, 0) is 20.9 Å². The van der Waals surface area contributed by atoms with Gasteiger partial charge in [0.2, 0.25) is 5.91 Å². The zero-order valence-corrected chi connectivity index (χ0v) is 20.4. The lowest BCUT2D eigenvalue weighted by atomic mass is 10.1. The molecular formula is C27H31N3O5. The molecule has 184 valence electrons. The lowest BCUT2D eigenvalue weighted by molar-refractivity contribution is -0.131. The number of amides is 2. The van der Waals surface area contributed by atoms with Crippen LogP contribution in [0, 0.1) is 0 Å². The Morgan fingerprint density at radius 2 is 1.63 bits per heavy atom. The van der Waals surface area contributed by atoms with Crippen LogP contribution in [0.2, 0.25) is 0 Å². The number of carbonyl (C=O) groups is 4. The lowest BCUT2D eigenvalue weighted by Crippen LogP contribution is -2.33. The first-order valence-electron chi connectivity index (χ1n) is 11.9. The third-order valence-corrected chi connectivity index (χ3v) is 5.77. The van der Waals surface area contributed by atoms with Crippen molar-refractivity contribution in [3.8, 4) is 0 Å². The maximum Gasteiger partial charge on any atom is 0.338 e. The molecule has 0 aliphatic rings. The van der Waals surface area contributed by atoms with Crippen LogP contribution in [0.5, 0.6) is 0 Å². The summed E-state index contributed by atoms with van der Waals surface area (Å²) in [5.74, 6) is -2.01. The van der Waals surface area contributed by atoms with Gasteiger partial charge in [-0.15, -0.1) is 0 Å². The van der Waals surface area contributed by atoms with E-state index >= 15 is 0 Å². The fourth-order valence-corrected chi connectivity index (χ4v) is 3.77. The first-order chi connectivity index (χ1) is 16.9. The third kappa shape index (κ3) is 6.15. The van der Waals surface area contributed by atoms with Gasteiger partial charge in [0.25, 0.3) is 11.7 Å². The highest BCUT2D eigenvalue weighted by Crippen LogP contribution is 2.23. The van der Waals surface area contributed by atoms with Crippen LogP contribution in [-0.4, -0.2) is 52.7 Å². The third-order valence-electron chi connectivity index (χ3n) is 5.77. The second-order valence-electron chi connectivity index (χ2n) is 8.10. The number of benzene rings is 2. The Morgan fingerprint density at radius 1 is 0.943 bits per heavy atom. The molecule has 0 saturated heterocycles. The minimum atomic E-state index is -0.804. The number of nitrogens with zero attached hydrogens (tertiary/aromatic N) is 2. The molecule has 3 aromatic rings. The number of unbranched alkanes of at least 4 members (excludes halogenated alkanes) is 1. The van der Waals surface area contributed by atoms with Crippen LogP contribution >= 0.6 is 0 Å². The van der Waals surface area contributed by atoms with Crippen molar-refractivity contribution in [1.82, 2.24) is 9.47 Å². The van der Waals surface area contributed by atoms with Crippen molar-refractivity contribution in [2.75, 3.05) is 25.0 Å². The number of carbonyl (C=O) groups excluding carboxylic acids is 4. The monoisotopic (exact) mass is 477 g/mol. The van der Waals surface area contributed by atoms with Gasteiger partial charge in [0.1, 0.15) is 6.54 Å². The van der Waals surface area contributed by atoms with Crippen molar-refractivity contribution in [2.45, 2.75) is 40.2 Å². The second-order valence-corrected chi connectivity index (χ2v) is 8.10. The van der Waals surface area contributed by atoms with Crippen LogP contribution in [0.4, 0.5) is 5.69 Å². The van der Waals surface area contributed by atoms with E-state index in [0.717, 1.165) is 12.8 Å². The number of esters is 1. The minimum absolute atomic E-state index is 0.0625. The molecule has 2 aromatic carbocycles. The summed E-state index contributed by atoms with van der Waals surface area (Å²) in [7, 11) is 0. The molecule has 1 aromatic heterocycles.